The third-order valence-electron chi connectivity index (χ3n) is 3.36. The SMILES string of the molecule is CCCOc1c(C(=O)NC)cccc1N1CCCC1. The number of nitrogens with zero attached hydrogens (tertiary/aromatic N) is 1. The molecule has 1 aromatic rings. The Hall–Kier alpha value is -1.71. The lowest BCUT2D eigenvalue weighted by Gasteiger charge is -2.23. The summed E-state index contributed by atoms with van der Waals surface area (Å²) in [5.74, 6) is 0.637. The van der Waals surface area contributed by atoms with E-state index in [1.807, 2.05) is 18.2 Å². The highest BCUT2D eigenvalue weighted by atomic mass is 16.5. The van der Waals surface area contributed by atoms with Crippen LogP contribution in [0.1, 0.15) is 36.5 Å². The van der Waals surface area contributed by atoms with Gasteiger partial charge in [0.05, 0.1) is 17.9 Å². The second kappa shape index (κ2) is 6.45. The summed E-state index contributed by atoms with van der Waals surface area (Å²) in [4.78, 5) is 14.3. The zero-order chi connectivity index (χ0) is 13.7. The van der Waals surface area contributed by atoms with Gasteiger partial charge in [-0.2, -0.15) is 0 Å². The van der Waals surface area contributed by atoms with Crippen molar-refractivity contribution in [2.75, 3.05) is 31.6 Å². The Morgan fingerprint density at radius 2 is 2.11 bits per heavy atom. The van der Waals surface area contributed by atoms with E-state index in [-0.39, 0.29) is 5.91 Å². The number of carbonyl (C=O) groups excluding carboxylic acids is 1. The molecule has 1 aromatic carbocycles. The van der Waals surface area contributed by atoms with E-state index in [1.54, 1.807) is 7.05 Å². The van der Waals surface area contributed by atoms with Gasteiger partial charge in [0.15, 0.2) is 5.75 Å². The number of para-hydroxylation sites is 1. The number of rotatable bonds is 5. The van der Waals surface area contributed by atoms with Crippen LogP contribution in [0.15, 0.2) is 18.2 Å². The molecule has 19 heavy (non-hydrogen) atoms. The van der Waals surface area contributed by atoms with Crippen LogP contribution >= 0.6 is 0 Å². The van der Waals surface area contributed by atoms with E-state index < -0.39 is 0 Å². The smallest absolute Gasteiger partial charge is 0.254 e. The van der Waals surface area contributed by atoms with E-state index in [4.69, 9.17) is 4.74 Å². The molecular weight excluding hydrogens is 240 g/mol. The molecule has 0 aliphatic carbocycles. The van der Waals surface area contributed by atoms with Crippen LogP contribution in [0.25, 0.3) is 0 Å². The van der Waals surface area contributed by atoms with Crippen molar-refractivity contribution < 1.29 is 9.53 Å². The monoisotopic (exact) mass is 262 g/mol. The standard InChI is InChI=1S/C15H22N2O2/c1-3-11-19-14-12(15(18)16-2)7-6-8-13(14)17-9-4-5-10-17/h6-8H,3-5,9-11H2,1-2H3,(H,16,18). The normalized spacial score (nSPS) is 14.5. The van der Waals surface area contributed by atoms with Crippen molar-refractivity contribution >= 4 is 11.6 Å². The molecule has 1 heterocycles. The van der Waals surface area contributed by atoms with Crippen LogP contribution in [0.4, 0.5) is 5.69 Å². The number of carbonyl (C=O) groups is 1. The summed E-state index contributed by atoms with van der Waals surface area (Å²) in [7, 11) is 1.65. The highest BCUT2D eigenvalue weighted by Crippen LogP contribution is 2.34. The predicted octanol–water partition coefficient (Wildman–Crippen LogP) is 2.44. The molecular formula is C15H22N2O2. The van der Waals surface area contributed by atoms with Crippen LogP contribution in [0.2, 0.25) is 0 Å². The molecule has 0 aromatic heterocycles. The van der Waals surface area contributed by atoms with Gasteiger partial charge < -0.3 is 15.0 Å². The molecule has 1 saturated heterocycles. The van der Waals surface area contributed by atoms with Crippen molar-refractivity contribution in [1.82, 2.24) is 5.32 Å². The van der Waals surface area contributed by atoms with E-state index >= 15 is 0 Å². The lowest BCUT2D eigenvalue weighted by Crippen LogP contribution is -2.23. The molecule has 0 unspecified atom stereocenters. The molecule has 0 atom stereocenters. The maximum atomic E-state index is 12.0. The molecule has 4 nitrogen and oxygen atoms in total. The number of amides is 1. The largest absolute Gasteiger partial charge is 0.491 e. The average Bonchev–Trinajstić information content (AvgIpc) is 2.97. The van der Waals surface area contributed by atoms with Crippen LogP contribution in [0.5, 0.6) is 5.75 Å². The first kappa shape index (κ1) is 13.7. The van der Waals surface area contributed by atoms with Crippen LogP contribution in [0, 0.1) is 0 Å². The van der Waals surface area contributed by atoms with Gasteiger partial charge in [-0.3, -0.25) is 4.79 Å². The van der Waals surface area contributed by atoms with Crippen molar-refractivity contribution in [2.45, 2.75) is 26.2 Å². The van der Waals surface area contributed by atoms with Crippen LogP contribution in [-0.2, 0) is 0 Å². The Morgan fingerprint density at radius 1 is 1.37 bits per heavy atom. The molecule has 1 amide bonds. The van der Waals surface area contributed by atoms with Crippen LogP contribution in [0.3, 0.4) is 0 Å². The summed E-state index contributed by atoms with van der Waals surface area (Å²) < 4.78 is 5.85. The van der Waals surface area contributed by atoms with Gasteiger partial charge in [-0.25, -0.2) is 0 Å². The molecule has 104 valence electrons. The number of ether oxygens (including phenoxy) is 1. The van der Waals surface area contributed by atoms with E-state index in [1.165, 1.54) is 12.8 Å². The van der Waals surface area contributed by atoms with Crippen molar-refractivity contribution in [2.24, 2.45) is 0 Å². The average molecular weight is 262 g/mol. The topological polar surface area (TPSA) is 41.6 Å². The van der Waals surface area contributed by atoms with E-state index in [0.717, 1.165) is 30.9 Å². The van der Waals surface area contributed by atoms with Crippen molar-refractivity contribution in [1.29, 1.82) is 0 Å². The zero-order valence-corrected chi connectivity index (χ0v) is 11.7. The van der Waals surface area contributed by atoms with Gasteiger partial charge in [-0.1, -0.05) is 13.0 Å². The first-order chi connectivity index (χ1) is 9.27. The third kappa shape index (κ3) is 3.00. The van der Waals surface area contributed by atoms with E-state index in [2.05, 4.69) is 17.1 Å². The van der Waals surface area contributed by atoms with Crippen LogP contribution in [-0.4, -0.2) is 32.7 Å². The van der Waals surface area contributed by atoms with Crippen LogP contribution < -0.4 is 15.0 Å². The number of hydrogen-bond acceptors (Lipinski definition) is 3. The lowest BCUT2D eigenvalue weighted by molar-refractivity contribution is 0.0959. The summed E-state index contributed by atoms with van der Waals surface area (Å²) in [6.45, 7) is 4.78. The van der Waals surface area contributed by atoms with Gasteiger partial charge in [-0.15, -0.1) is 0 Å². The minimum Gasteiger partial charge on any atom is -0.491 e. The number of anilines is 1. The lowest BCUT2D eigenvalue weighted by atomic mass is 10.1. The van der Waals surface area contributed by atoms with Gasteiger partial charge in [0.1, 0.15) is 0 Å². The summed E-state index contributed by atoms with van der Waals surface area (Å²) in [5, 5.41) is 2.68. The molecule has 1 aliphatic rings. The summed E-state index contributed by atoms with van der Waals surface area (Å²) in [6.07, 6.45) is 3.34. The van der Waals surface area contributed by atoms with Gasteiger partial charge in [0, 0.05) is 20.1 Å². The van der Waals surface area contributed by atoms with Gasteiger partial charge in [-0.05, 0) is 31.4 Å². The van der Waals surface area contributed by atoms with Crippen molar-refractivity contribution in [3.8, 4) is 5.75 Å². The summed E-state index contributed by atoms with van der Waals surface area (Å²) in [6, 6.07) is 5.79. The maximum absolute atomic E-state index is 12.0. The van der Waals surface area contributed by atoms with Gasteiger partial charge in [0.2, 0.25) is 0 Å². The van der Waals surface area contributed by atoms with E-state index in [9.17, 15) is 4.79 Å². The Balaban J connectivity index is 2.37. The van der Waals surface area contributed by atoms with Gasteiger partial charge in [0.25, 0.3) is 5.91 Å². The van der Waals surface area contributed by atoms with Crippen molar-refractivity contribution in [3.05, 3.63) is 23.8 Å². The first-order valence-electron chi connectivity index (χ1n) is 7.00. The fourth-order valence-electron chi connectivity index (χ4n) is 2.40. The van der Waals surface area contributed by atoms with Gasteiger partial charge >= 0.3 is 0 Å². The molecule has 1 N–H and O–H groups in total. The molecule has 0 bridgehead atoms. The maximum Gasteiger partial charge on any atom is 0.254 e. The number of benzene rings is 1. The molecule has 1 aliphatic heterocycles. The molecule has 0 radical (unpaired) electrons. The van der Waals surface area contributed by atoms with Crippen molar-refractivity contribution in [3.63, 3.8) is 0 Å². The highest BCUT2D eigenvalue weighted by Gasteiger charge is 2.21. The zero-order valence-electron chi connectivity index (χ0n) is 11.7. The van der Waals surface area contributed by atoms with E-state index in [0.29, 0.717) is 12.2 Å². The minimum absolute atomic E-state index is 0.0906. The minimum atomic E-state index is -0.0906. The third-order valence-corrected chi connectivity index (χ3v) is 3.36. The Kier molecular flexibility index (Phi) is 4.66. The fraction of sp³-hybridized carbons (Fsp3) is 0.533. The number of hydrogen-bond donors (Lipinski definition) is 1. The Bertz CT molecular complexity index is 440. The Morgan fingerprint density at radius 3 is 2.74 bits per heavy atom. The predicted molar refractivity (Wildman–Crippen MR) is 77.1 cm³/mol. The fourth-order valence-corrected chi connectivity index (χ4v) is 2.40. The Labute approximate surface area is 114 Å². The molecule has 4 heteroatoms. The summed E-state index contributed by atoms with van der Waals surface area (Å²) >= 11 is 0. The first-order valence-corrected chi connectivity index (χ1v) is 7.00. The molecule has 1 fully saturated rings. The molecule has 2 rings (SSSR count). The summed E-state index contributed by atoms with van der Waals surface area (Å²) in [5.41, 5.74) is 1.67. The second-order valence-electron chi connectivity index (χ2n) is 4.78. The molecule has 0 saturated carbocycles. The second-order valence-corrected chi connectivity index (χ2v) is 4.78. The quantitative estimate of drug-likeness (QED) is 0.886. The highest BCUT2D eigenvalue weighted by molar-refractivity contribution is 5.98. The molecule has 0 spiro atoms. The number of nitrogens with one attached hydrogen (secondary N) is 1.